The van der Waals surface area contributed by atoms with Crippen LogP contribution in [0.5, 0.6) is 0 Å². The molecule has 0 saturated heterocycles. The molecular weight excluding hydrogens is 368 g/mol. The summed E-state index contributed by atoms with van der Waals surface area (Å²) in [5, 5.41) is 13.9. The summed E-state index contributed by atoms with van der Waals surface area (Å²) in [4.78, 5) is 2.52. The first-order chi connectivity index (χ1) is 10.1. The predicted molar refractivity (Wildman–Crippen MR) is 94.1 cm³/mol. The minimum Gasteiger partial charge on any atom is -0.378 e. The molecule has 3 aromatic rings. The molecule has 7 heteroatoms. The quantitative estimate of drug-likeness (QED) is 0.699. The van der Waals surface area contributed by atoms with Crippen molar-refractivity contribution in [2.75, 3.05) is 5.32 Å². The molecule has 0 aliphatic rings. The van der Waals surface area contributed by atoms with Crippen molar-refractivity contribution in [3.05, 3.63) is 37.9 Å². The fourth-order valence-corrected chi connectivity index (χ4v) is 4.78. The van der Waals surface area contributed by atoms with Crippen molar-refractivity contribution in [1.82, 2.24) is 10.2 Å². The summed E-state index contributed by atoms with van der Waals surface area (Å²) in [6, 6.07) is 4.31. The summed E-state index contributed by atoms with van der Waals surface area (Å²) in [5.74, 6) is 0. The van der Waals surface area contributed by atoms with E-state index in [1.165, 1.54) is 9.75 Å². The van der Waals surface area contributed by atoms with Crippen LogP contribution < -0.4 is 11.1 Å². The van der Waals surface area contributed by atoms with Crippen LogP contribution in [-0.4, -0.2) is 16.2 Å². The third-order valence-corrected chi connectivity index (χ3v) is 6.25. The lowest BCUT2D eigenvalue weighted by Crippen LogP contribution is -2.17. The number of rotatable bonds is 5. The van der Waals surface area contributed by atoms with Crippen LogP contribution in [-0.2, 0) is 13.0 Å². The predicted octanol–water partition coefficient (Wildman–Crippen LogP) is 4.02. The van der Waals surface area contributed by atoms with Gasteiger partial charge in [0.2, 0.25) is 0 Å². The van der Waals surface area contributed by atoms with Gasteiger partial charge in [-0.2, -0.15) is 5.10 Å². The molecular formula is C14H15BrN4S2. The van der Waals surface area contributed by atoms with Crippen molar-refractivity contribution in [2.24, 2.45) is 5.73 Å². The first-order valence-electron chi connectivity index (χ1n) is 6.59. The maximum Gasteiger partial charge on any atom is 0.120 e. The number of aromatic nitrogens is 2. The second-order valence-electron chi connectivity index (χ2n) is 4.89. The van der Waals surface area contributed by atoms with Crippen LogP contribution >= 0.6 is 38.6 Å². The molecule has 110 valence electrons. The molecule has 0 unspecified atom stereocenters. The Kier molecular flexibility index (Phi) is 4.54. The van der Waals surface area contributed by atoms with Gasteiger partial charge < -0.3 is 11.1 Å². The number of nitrogens with one attached hydrogen (secondary N) is 1. The SMILES string of the molecule is C[C@H](N)Cc1sc2c(NCc3cccs3)cnnc2c1Br. The van der Waals surface area contributed by atoms with E-state index in [0.29, 0.717) is 0 Å². The van der Waals surface area contributed by atoms with Crippen molar-refractivity contribution >= 4 is 54.5 Å². The van der Waals surface area contributed by atoms with Crippen molar-refractivity contribution in [3.8, 4) is 0 Å². The summed E-state index contributed by atoms with van der Waals surface area (Å²) in [6.45, 7) is 2.81. The van der Waals surface area contributed by atoms with Gasteiger partial charge in [-0.3, -0.25) is 0 Å². The fourth-order valence-electron chi connectivity index (χ4n) is 2.07. The molecule has 0 fully saturated rings. The van der Waals surface area contributed by atoms with E-state index in [1.54, 1.807) is 28.9 Å². The number of hydrogen-bond donors (Lipinski definition) is 2. The monoisotopic (exact) mass is 382 g/mol. The number of hydrogen-bond acceptors (Lipinski definition) is 6. The molecule has 3 aromatic heterocycles. The van der Waals surface area contributed by atoms with Crippen molar-refractivity contribution < 1.29 is 0 Å². The van der Waals surface area contributed by atoms with E-state index in [4.69, 9.17) is 5.73 Å². The Hall–Kier alpha value is -1.02. The van der Waals surface area contributed by atoms with E-state index in [0.717, 1.165) is 33.3 Å². The zero-order chi connectivity index (χ0) is 14.8. The number of nitrogens with two attached hydrogens (primary N) is 1. The average Bonchev–Trinajstić information content (AvgIpc) is 3.06. The van der Waals surface area contributed by atoms with Gasteiger partial charge in [0.1, 0.15) is 5.52 Å². The Morgan fingerprint density at radius 3 is 3.05 bits per heavy atom. The molecule has 0 bridgehead atoms. The molecule has 0 radical (unpaired) electrons. The average molecular weight is 383 g/mol. The maximum atomic E-state index is 5.91. The van der Waals surface area contributed by atoms with Gasteiger partial charge in [0, 0.05) is 22.3 Å². The Morgan fingerprint density at radius 1 is 1.48 bits per heavy atom. The third-order valence-electron chi connectivity index (χ3n) is 3.02. The lowest BCUT2D eigenvalue weighted by Gasteiger charge is -2.04. The molecule has 0 spiro atoms. The van der Waals surface area contributed by atoms with Crippen molar-refractivity contribution in [1.29, 1.82) is 0 Å². The lowest BCUT2D eigenvalue weighted by atomic mass is 10.2. The third kappa shape index (κ3) is 3.26. The van der Waals surface area contributed by atoms with Crippen LogP contribution in [0.4, 0.5) is 5.69 Å². The highest BCUT2D eigenvalue weighted by Crippen LogP contribution is 2.38. The zero-order valence-corrected chi connectivity index (χ0v) is 14.7. The highest BCUT2D eigenvalue weighted by Gasteiger charge is 2.15. The smallest absolute Gasteiger partial charge is 0.120 e. The van der Waals surface area contributed by atoms with Crippen LogP contribution in [0.25, 0.3) is 10.2 Å². The Balaban J connectivity index is 1.91. The molecule has 4 nitrogen and oxygen atoms in total. The Morgan fingerprint density at radius 2 is 2.33 bits per heavy atom. The fraction of sp³-hybridized carbons (Fsp3) is 0.286. The van der Waals surface area contributed by atoms with Gasteiger partial charge in [-0.15, -0.1) is 27.8 Å². The van der Waals surface area contributed by atoms with Crippen LogP contribution in [0.3, 0.4) is 0 Å². The molecule has 0 aliphatic heterocycles. The first kappa shape index (κ1) is 14.9. The molecule has 3 heterocycles. The van der Waals surface area contributed by atoms with E-state index in [-0.39, 0.29) is 6.04 Å². The van der Waals surface area contributed by atoms with Crippen LogP contribution in [0.15, 0.2) is 28.2 Å². The Bertz CT molecular complexity index is 737. The van der Waals surface area contributed by atoms with E-state index >= 15 is 0 Å². The van der Waals surface area contributed by atoms with E-state index < -0.39 is 0 Å². The van der Waals surface area contributed by atoms with Crippen LogP contribution in [0.1, 0.15) is 16.7 Å². The molecule has 0 aromatic carbocycles. The molecule has 21 heavy (non-hydrogen) atoms. The highest BCUT2D eigenvalue weighted by atomic mass is 79.9. The van der Waals surface area contributed by atoms with Gasteiger partial charge in [-0.25, -0.2) is 0 Å². The Labute approximate surface area is 139 Å². The van der Waals surface area contributed by atoms with Gasteiger partial charge in [-0.1, -0.05) is 6.07 Å². The first-order valence-corrected chi connectivity index (χ1v) is 9.08. The highest BCUT2D eigenvalue weighted by molar-refractivity contribution is 9.10. The number of halogens is 1. The molecule has 0 aliphatic carbocycles. The second kappa shape index (κ2) is 6.39. The van der Waals surface area contributed by atoms with Crippen molar-refractivity contribution in [2.45, 2.75) is 25.9 Å². The van der Waals surface area contributed by atoms with E-state index in [9.17, 15) is 0 Å². The number of thiophene rings is 2. The van der Waals surface area contributed by atoms with Gasteiger partial charge >= 0.3 is 0 Å². The topological polar surface area (TPSA) is 63.8 Å². The molecule has 3 rings (SSSR count). The minimum absolute atomic E-state index is 0.129. The molecule has 1 atom stereocenters. The second-order valence-corrected chi connectivity index (χ2v) is 7.82. The summed E-state index contributed by atoms with van der Waals surface area (Å²) in [7, 11) is 0. The summed E-state index contributed by atoms with van der Waals surface area (Å²) in [5.41, 5.74) is 7.84. The van der Waals surface area contributed by atoms with E-state index in [1.807, 2.05) is 6.92 Å². The lowest BCUT2D eigenvalue weighted by molar-refractivity contribution is 0.745. The van der Waals surface area contributed by atoms with Gasteiger partial charge in [0.25, 0.3) is 0 Å². The van der Waals surface area contributed by atoms with Gasteiger partial charge in [0.05, 0.1) is 21.1 Å². The van der Waals surface area contributed by atoms with Crippen LogP contribution in [0.2, 0.25) is 0 Å². The summed E-state index contributed by atoms with van der Waals surface area (Å²) in [6.07, 6.45) is 2.63. The number of anilines is 1. The standard InChI is InChI=1S/C14H15BrN4S2/c1-8(16)5-11-12(15)13-14(21-11)10(7-18-19-13)17-6-9-3-2-4-20-9/h2-4,7-8H,5-6,16H2,1H3,(H,17,19)/t8-/m0/s1. The molecule has 3 N–H and O–H groups in total. The summed E-state index contributed by atoms with van der Waals surface area (Å²) < 4.78 is 2.15. The molecule has 0 saturated carbocycles. The summed E-state index contributed by atoms with van der Waals surface area (Å²) >= 11 is 7.10. The normalized spacial score (nSPS) is 12.7. The number of nitrogens with zero attached hydrogens (tertiary/aromatic N) is 2. The van der Waals surface area contributed by atoms with Crippen molar-refractivity contribution in [3.63, 3.8) is 0 Å². The largest absolute Gasteiger partial charge is 0.378 e. The number of fused-ring (bicyclic) bond motifs is 1. The van der Waals surface area contributed by atoms with Crippen LogP contribution in [0, 0.1) is 0 Å². The zero-order valence-electron chi connectivity index (χ0n) is 11.5. The van der Waals surface area contributed by atoms with Gasteiger partial charge in [0.15, 0.2) is 0 Å². The molecule has 0 amide bonds. The van der Waals surface area contributed by atoms with Gasteiger partial charge in [-0.05, 0) is 40.7 Å². The minimum atomic E-state index is 0.129. The van der Waals surface area contributed by atoms with E-state index in [2.05, 4.69) is 49.0 Å². The maximum absolute atomic E-state index is 5.91.